The van der Waals surface area contributed by atoms with E-state index in [1.807, 2.05) is 48.5 Å². The Hall–Kier alpha value is -6.85. The predicted octanol–water partition coefficient (Wildman–Crippen LogP) is 11.1. The number of aromatic nitrogens is 5. The van der Waals surface area contributed by atoms with Crippen LogP contribution in [0.5, 0.6) is 0 Å². The summed E-state index contributed by atoms with van der Waals surface area (Å²) in [6, 6.07) is 14.5. The minimum atomic E-state index is -0.767. The van der Waals surface area contributed by atoms with Gasteiger partial charge in [0, 0.05) is 32.8 Å². The van der Waals surface area contributed by atoms with Crippen LogP contribution in [-0.4, -0.2) is 24.1 Å². The van der Waals surface area contributed by atoms with Crippen molar-refractivity contribution in [3.8, 4) is 45.5 Å². The maximum Gasteiger partial charge on any atom is 0.238 e. The predicted molar refractivity (Wildman–Crippen MR) is 205 cm³/mol. The first-order valence-corrected chi connectivity index (χ1v) is 15.6. The van der Waals surface area contributed by atoms with E-state index in [2.05, 4.69) is 0 Å². The molecule has 5 nitrogen and oxygen atoms in total. The van der Waals surface area contributed by atoms with E-state index < -0.39 is 107 Å². The summed E-state index contributed by atoms with van der Waals surface area (Å²) in [5.74, 6) is -0.221. The number of hydrogen-bond acceptors (Lipinski definition) is 3. The lowest BCUT2D eigenvalue weighted by atomic mass is 9.96. The van der Waals surface area contributed by atoms with Gasteiger partial charge in [0.25, 0.3) is 0 Å². The molecule has 0 atom stereocenters. The molecule has 234 valence electrons. The summed E-state index contributed by atoms with van der Waals surface area (Å²) in [6.45, 7) is 0. The third-order valence-corrected chi connectivity index (χ3v) is 8.57. The fourth-order valence-electron chi connectivity index (χ4n) is 6.49. The molecule has 50 heavy (non-hydrogen) atoms. The zero-order valence-electron chi connectivity index (χ0n) is 40.8. The quantitative estimate of drug-likeness (QED) is 0.186. The Labute approximate surface area is 309 Å². The van der Waals surface area contributed by atoms with Crippen LogP contribution in [0.2, 0.25) is 0 Å². The monoisotopic (exact) mass is 654 g/mol. The molecule has 10 aromatic rings. The smallest absolute Gasteiger partial charge is 0.238 e. The topological polar surface area (TPSA) is 48.5 Å². The van der Waals surface area contributed by atoms with Gasteiger partial charge in [0.1, 0.15) is 0 Å². The molecule has 0 aliphatic heterocycles. The number of rotatable bonds is 5. The Morgan fingerprint density at radius 1 is 0.420 bits per heavy atom. The minimum Gasteiger partial charge on any atom is -0.308 e. The summed E-state index contributed by atoms with van der Waals surface area (Å²) < 4.78 is 138. The second kappa shape index (κ2) is 11.4. The third-order valence-electron chi connectivity index (χ3n) is 8.57. The van der Waals surface area contributed by atoms with Gasteiger partial charge in [0.05, 0.1) is 48.2 Å². The standard InChI is InChI=1S/C45H29N5/c1-4-16-30(17-5-1)33-28-29-37-36-24-12-13-25-38(36)49(32-20-8-3-9-21-32)42(37)41(33)44-46-43(31-18-6-2-7-19-31)47-45(48-44)50-39-26-14-10-22-34(39)35-23-11-15-27-40(35)50/h1-29H/i1D,3D,4D,5D,8D,12D,13D,16D,17D,20D,21D,24D,25D,28D,29D. The van der Waals surface area contributed by atoms with Gasteiger partial charge in [-0.1, -0.05) is 145 Å². The van der Waals surface area contributed by atoms with Crippen molar-refractivity contribution in [2.75, 3.05) is 0 Å². The van der Waals surface area contributed by atoms with Crippen molar-refractivity contribution < 1.29 is 20.6 Å². The Balaban J connectivity index is 1.53. The number of benzene rings is 7. The molecule has 3 heterocycles. The maximum absolute atomic E-state index is 9.75. The second-order valence-electron chi connectivity index (χ2n) is 11.3. The van der Waals surface area contributed by atoms with Gasteiger partial charge in [-0.05, 0) is 41.4 Å². The first kappa shape index (κ1) is 17.0. The molecule has 5 heteroatoms. The van der Waals surface area contributed by atoms with Gasteiger partial charge >= 0.3 is 0 Å². The molecular weight excluding hydrogens is 611 g/mol. The highest BCUT2D eigenvalue weighted by atomic mass is 15.2. The average molecular weight is 655 g/mol. The van der Waals surface area contributed by atoms with Crippen LogP contribution in [0, 0.1) is 0 Å². The van der Waals surface area contributed by atoms with Crippen LogP contribution in [-0.2, 0) is 0 Å². The van der Waals surface area contributed by atoms with E-state index in [9.17, 15) is 9.60 Å². The van der Waals surface area contributed by atoms with Crippen molar-refractivity contribution in [1.82, 2.24) is 24.1 Å². The lowest BCUT2D eigenvalue weighted by molar-refractivity contribution is 0.954. The van der Waals surface area contributed by atoms with Gasteiger partial charge < -0.3 is 4.57 Å². The Morgan fingerprint density at radius 3 is 1.90 bits per heavy atom. The van der Waals surface area contributed by atoms with E-state index in [1.54, 1.807) is 34.9 Å². The van der Waals surface area contributed by atoms with Crippen molar-refractivity contribution in [2.45, 2.75) is 0 Å². The zero-order valence-corrected chi connectivity index (χ0v) is 25.8. The number of nitrogens with zero attached hydrogens (tertiary/aromatic N) is 5. The fourth-order valence-corrected chi connectivity index (χ4v) is 6.49. The summed E-state index contributed by atoms with van der Waals surface area (Å²) in [6.07, 6.45) is 0. The van der Waals surface area contributed by atoms with E-state index in [-0.39, 0.29) is 45.0 Å². The molecule has 0 N–H and O–H groups in total. The lowest BCUT2D eigenvalue weighted by Gasteiger charge is -2.17. The van der Waals surface area contributed by atoms with Gasteiger partial charge in [0.2, 0.25) is 5.95 Å². The molecular formula is C45H29N5. The largest absolute Gasteiger partial charge is 0.308 e. The number of fused-ring (bicyclic) bond motifs is 6. The molecule has 0 saturated heterocycles. The minimum absolute atomic E-state index is 0.0224. The van der Waals surface area contributed by atoms with E-state index in [0.29, 0.717) is 16.6 Å². The van der Waals surface area contributed by atoms with Gasteiger partial charge in [0.15, 0.2) is 11.6 Å². The van der Waals surface area contributed by atoms with Crippen LogP contribution < -0.4 is 0 Å². The first-order chi connectivity index (χ1) is 31.0. The lowest BCUT2D eigenvalue weighted by Crippen LogP contribution is -2.07. The van der Waals surface area contributed by atoms with Crippen LogP contribution in [0.1, 0.15) is 20.6 Å². The summed E-state index contributed by atoms with van der Waals surface area (Å²) in [7, 11) is 0. The molecule has 0 radical (unpaired) electrons. The molecule has 0 aliphatic rings. The summed E-state index contributed by atoms with van der Waals surface area (Å²) >= 11 is 0. The normalized spacial score (nSPS) is 15.8. The third kappa shape index (κ3) is 4.37. The SMILES string of the molecule is [2H]c1cc([2H])c(-n2c3c([2H])c([2H])c([2H])c([2H])c3c3c([2H])c([2H])c(-c4c([2H])c([2H])c([2H])c([2H])c4[2H])c(-c4nc(-c5ccccc5)nc(-n5c6ccccc6c6ccccc65)n4)c32)c([2H])c1[2H]. The molecule has 0 unspecified atom stereocenters. The van der Waals surface area contributed by atoms with Crippen LogP contribution in [0.4, 0.5) is 0 Å². The number of hydrogen-bond donors (Lipinski definition) is 0. The van der Waals surface area contributed by atoms with Gasteiger partial charge in [-0.2, -0.15) is 9.97 Å². The van der Waals surface area contributed by atoms with Crippen molar-refractivity contribution in [3.05, 3.63) is 176 Å². The first-order valence-electron chi connectivity index (χ1n) is 23.1. The van der Waals surface area contributed by atoms with Crippen molar-refractivity contribution in [2.24, 2.45) is 0 Å². The summed E-state index contributed by atoms with van der Waals surface area (Å²) in [5.41, 5.74) is -0.578. The van der Waals surface area contributed by atoms with Gasteiger partial charge in [-0.15, -0.1) is 0 Å². The molecule has 0 saturated carbocycles. The van der Waals surface area contributed by atoms with E-state index >= 15 is 0 Å². The summed E-state index contributed by atoms with van der Waals surface area (Å²) in [5, 5.41) is 1.08. The Bertz CT molecular complexity index is 3650. The molecule has 0 fully saturated rings. The number of para-hydroxylation sites is 4. The zero-order chi connectivity index (χ0) is 46.1. The van der Waals surface area contributed by atoms with Crippen LogP contribution in [0.3, 0.4) is 0 Å². The molecule has 0 bridgehead atoms. The van der Waals surface area contributed by atoms with Crippen molar-refractivity contribution in [1.29, 1.82) is 0 Å². The van der Waals surface area contributed by atoms with Crippen LogP contribution >= 0.6 is 0 Å². The fraction of sp³-hybridized carbons (Fsp3) is 0. The van der Waals surface area contributed by atoms with Crippen LogP contribution in [0.15, 0.2) is 176 Å². The van der Waals surface area contributed by atoms with E-state index in [0.717, 1.165) is 21.4 Å². The van der Waals surface area contributed by atoms with Crippen LogP contribution in [0.25, 0.3) is 89.2 Å². The molecule has 0 amide bonds. The van der Waals surface area contributed by atoms with Gasteiger partial charge in [-0.25, -0.2) is 4.98 Å². The highest BCUT2D eigenvalue weighted by Crippen LogP contribution is 2.43. The highest BCUT2D eigenvalue weighted by Gasteiger charge is 2.24. The second-order valence-corrected chi connectivity index (χ2v) is 11.3. The highest BCUT2D eigenvalue weighted by molar-refractivity contribution is 6.16. The Morgan fingerprint density at radius 2 is 1.10 bits per heavy atom. The van der Waals surface area contributed by atoms with E-state index in [4.69, 9.17) is 25.9 Å². The molecule has 0 spiro atoms. The average Bonchev–Trinajstić information content (AvgIpc) is 3.84. The molecule has 7 aromatic carbocycles. The summed E-state index contributed by atoms with van der Waals surface area (Å²) in [4.78, 5) is 15.0. The van der Waals surface area contributed by atoms with Crippen molar-refractivity contribution in [3.63, 3.8) is 0 Å². The Kier molecular flexibility index (Phi) is 3.87. The van der Waals surface area contributed by atoms with E-state index in [1.165, 1.54) is 0 Å². The maximum atomic E-state index is 9.75. The molecule has 0 aliphatic carbocycles. The van der Waals surface area contributed by atoms with Crippen molar-refractivity contribution >= 4 is 43.6 Å². The van der Waals surface area contributed by atoms with Gasteiger partial charge in [-0.3, -0.25) is 4.57 Å². The molecule has 10 rings (SSSR count). The molecule has 3 aromatic heterocycles.